The van der Waals surface area contributed by atoms with Crippen molar-refractivity contribution in [3.05, 3.63) is 59.9 Å². The number of hydrogen-bond donors (Lipinski definition) is 0. The Morgan fingerprint density at radius 1 is 1.00 bits per heavy atom. The summed E-state index contributed by atoms with van der Waals surface area (Å²) >= 11 is 0. The number of benzene rings is 1. The van der Waals surface area contributed by atoms with Gasteiger partial charge in [-0.2, -0.15) is 0 Å². The fraction of sp³-hybridized carbons (Fsp3) is 0.312. The van der Waals surface area contributed by atoms with Crippen molar-refractivity contribution in [2.24, 2.45) is 0 Å². The third kappa shape index (κ3) is 2.10. The van der Waals surface area contributed by atoms with Crippen molar-refractivity contribution < 1.29 is 4.74 Å². The van der Waals surface area contributed by atoms with E-state index in [-0.39, 0.29) is 0 Å². The smallest absolute Gasteiger partial charge is 0.119 e. The summed E-state index contributed by atoms with van der Waals surface area (Å²) in [7, 11) is 1.72. The van der Waals surface area contributed by atoms with Crippen molar-refractivity contribution in [3.63, 3.8) is 0 Å². The molecule has 0 radical (unpaired) electrons. The van der Waals surface area contributed by atoms with E-state index in [0.29, 0.717) is 11.8 Å². The van der Waals surface area contributed by atoms with Gasteiger partial charge in [0.25, 0.3) is 0 Å². The van der Waals surface area contributed by atoms with Crippen LogP contribution in [0.1, 0.15) is 35.8 Å². The summed E-state index contributed by atoms with van der Waals surface area (Å²) in [6.45, 7) is 0. The Labute approximate surface area is 108 Å². The molecular weight excluding hydrogens is 222 g/mol. The van der Waals surface area contributed by atoms with E-state index in [9.17, 15) is 0 Å². The van der Waals surface area contributed by atoms with Gasteiger partial charge in [0.1, 0.15) is 5.75 Å². The van der Waals surface area contributed by atoms with Crippen molar-refractivity contribution in [2.75, 3.05) is 7.11 Å². The highest BCUT2D eigenvalue weighted by Gasteiger charge is 2.31. The molecule has 0 atom stereocenters. The molecule has 0 unspecified atom stereocenters. The van der Waals surface area contributed by atoms with E-state index in [0.717, 1.165) is 5.75 Å². The summed E-state index contributed by atoms with van der Waals surface area (Å²) in [6.07, 6.45) is 6.23. The molecular formula is C16H17NO. The Morgan fingerprint density at radius 3 is 2.44 bits per heavy atom. The molecule has 2 heteroatoms. The Hall–Kier alpha value is -1.83. The van der Waals surface area contributed by atoms with E-state index in [1.807, 2.05) is 18.5 Å². The maximum absolute atomic E-state index is 5.28. The number of nitrogens with zero attached hydrogens (tertiary/aromatic N) is 1. The molecule has 1 fully saturated rings. The molecule has 1 aliphatic rings. The summed E-state index contributed by atoms with van der Waals surface area (Å²) < 4.78 is 5.28. The molecule has 0 amide bonds. The second-order valence-corrected chi connectivity index (χ2v) is 4.92. The van der Waals surface area contributed by atoms with Gasteiger partial charge in [0, 0.05) is 12.4 Å². The summed E-state index contributed by atoms with van der Waals surface area (Å²) in [5, 5.41) is 0. The minimum absolute atomic E-state index is 0.679. The molecule has 1 aromatic carbocycles. The summed E-state index contributed by atoms with van der Waals surface area (Å²) in [5.74, 6) is 2.34. The molecule has 0 bridgehead atoms. The summed E-state index contributed by atoms with van der Waals surface area (Å²) in [5.41, 5.74) is 2.82. The lowest BCUT2D eigenvalue weighted by Gasteiger charge is -2.36. The van der Waals surface area contributed by atoms with Crippen LogP contribution in [-0.2, 0) is 0 Å². The number of aromatic nitrogens is 1. The normalized spacial score (nSPS) is 22.3. The zero-order chi connectivity index (χ0) is 12.4. The van der Waals surface area contributed by atoms with E-state index in [1.54, 1.807) is 7.11 Å². The SMILES string of the molecule is COc1cccc(C2CC(c3ccncc3)C2)c1. The number of pyridine rings is 1. The molecule has 1 aliphatic carbocycles. The quantitative estimate of drug-likeness (QED) is 0.813. The molecule has 0 aliphatic heterocycles. The monoisotopic (exact) mass is 239 g/mol. The number of rotatable bonds is 3. The van der Waals surface area contributed by atoms with E-state index in [4.69, 9.17) is 4.74 Å². The molecule has 1 aromatic heterocycles. The Balaban J connectivity index is 1.68. The molecule has 1 heterocycles. The first-order chi connectivity index (χ1) is 8.86. The first-order valence-corrected chi connectivity index (χ1v) is 6.40. The first-order valence-electron chi connectivity index (χ1n) is 6.40. The van der Waals surface area contributed by atoms with Crippen LogP contribution >= 0.6 is 0 Å². The average Bonchev–Trinajstić information content (AvgIpc) is 2.39. The second kappa shape index (κ2) is 4.81. The highest BCUT2D eigenvalue weighted by molar-refractivity contribution is 5.34. The van der Waals surface area contributed by atoms with Crippen LogP contribution in [0.3, 0.4) is 0 Å². The van der Waals surface area contributed by atoms with Crippen molar-refractivity contribution in [1.29, 1.82) is 0 Å². The van der Waals surface area contributed by atoms with Gasteiger partial charge in [-0.25, -0.2) is 0 Å². The highest BCUT2D eigenvalue weighted by atomic mass is 16.5. The lowest BCUT2D eigenvalue weighted by atomic mass is 9.69. The van der Waals surface area contributed by atoms with Crippen molar-refractivity contribution in [3.8, 4) is 5.75 Å². The fourth-order valence-electron chi connectivity index (χ4n) is 2.69. The molecule has 3 rings (SSSR count). The molecule has 2 aromatic rings. The van der Waals surface area contributed by atoms with Gasteiger partial charge in [-0.3, -0.25) is 4.98 Å². The van der Waals surface area contributed by atoms with Gasteiger partial charge in [0.05, 0.1) is 7.11 Å². The molecule has 0 saturated heterocycles. The lowest BCUT2D eigenvalue weighted by molar-refractivity contribution is 0.349. The van der Waals surface area contributed by atoms with Crippen molar-refractivity contribution >= 4 is 0 Å². The molecule has 2 nitrogen and oxygen atoms in total. The Kier molecular flexibility index (Phi) is 3.01. The fourth-order valence-corrected chi connectivity index (χ4v) is 2.69. The Morgan fingerprint density at radius 2 is 1.72 bits per heavy atom. The van der Waals surface area contributed by atoms with Crippen LogP contribution in [0.4, 0.5) is 0 Å². The van der Waals surface area contributed by atoms with Crippen LogP contribution in [-0.4, -0.2) is 12.1 Å². The van der Waals surface area contributed by atoms with E-state index >= 15 is 0 Å². The molecule has 18 heavy (non-hydrogen) atoms. The zero-order valence-electron chi connectivity index (χ0n) is 10.5. The van der Waals surface area contributed by atoms with Crippen LogP contribution in [0.15, 0.2) is 48.8 Å². The molecule has 1 saturated carbocycles. The minimum Gasteiger partial charge on any atom is -0.497 e. The third-order valence-corrected chi connectivity index (χ3v) is 3.88. The summed E-state index contributed by atoms with van der Waals surface area (Å²) in [4.78, 5) is 4.07. The van der Waals surface area contributed by atoms with Gasteiger partial charge in [-0.1, -0.05) is 12.1 Å². The van der Waals surface area contributed by atoms with Crippen LogP contribution in [0, 0.1) is 0 Å². The predicted octanol–water partition coefficient (Wildman–Crippen LogP) is 3.75. The maximum Gasteiger partial charge on any atom is 0.119 e. The van der Waals surface area contributed by atoms with Gasteiger partial charge in [0.2, 0.25) is 0 Å². The Bertz CT molecular complexity index is 518. The maximum atomic E-state index is 5.28. The average molecular weight is 239 g/mol. The van der Waals surface area contributed by atoms with Crippen LogP contribution < -0.4 is 4.74 Å². The minimum atomic E-state index is 0.679. The van der Waals surface area contributed by atoms with Gasteiger partial charge >= 0.3 is 0 Å². The van der Waals surface area contributed by atoms with Crippen LogP contribution in [0.5, 0.6) is 5.75 Å². The number of methoxy groups -OCH3 is 1. The summed E-state index contributed by atoms with van der Waals surface area (Å²) in [6, 6.07) is 12.7. The zero-order valence-corrected chi connectivity index (χ0v) is 10.5. The number of ether oxygens (including phenoxy) is 1. The van der Waals surface area contributed by atoms with E-state index in [1.165, 1.54) is 24.0 Å². The standard InChI is InChI=1S/C16H17NO/c1-18-16-4-2-3-13(11-16)15-9-14(10-15)12-5-7-17-8-6-12/h2-8,11,14-15H,9-10H2,1H3. The predicted molar refractivity (Wildman–Crippen MR) is 71.9 cm³/mol. The van der Waals surface area contributed by atoms with Crippen molar-refractivity contribution in [1.82, 2.24) is 4.98 Å². The second-order valence-electron chi connectivity index (χ2n) is 4.92. The largest absolute Gasteiger partial charge is 0.497 e. The number of hydrogen-bond acceptors (Lipinski definition) is 2. The topological polar surface area (TPSA) is 22.1 Å². The van der Waals surface area contributed by atoms with E-state index < -0.39 is 0 Å². The van der Waals surface area contributed by atoms with Crippen LogP contribution in [0.2, 0.25) is 0 Å². The van der Waals surface area contributed by atoms with Gasteiger partial charge in [-0.05, 0) is 60.1 Å². The van der Waals surface area contributed by atoms with Gasteiger partial charge < -0.3 is 4.74 Å². The van der Waals surface area contributed by atoms with Crippen LogP contribution in [0.25, 0.3) is 0 Å². The van der Waals surface area contributed by atoms with E-state index in [2.05, 4.69) is 35.3 Å². The first kappa shape index (κ1) is 11.3. The lowest BCUT2D eigenvalue weighted by Crippen LogP contribution is -2.20. The third-order valence-electron chi connectivity index (χ3n) is 3.88. The molecule has 0 N–H and O–H groups in total. The molecule has 0 spiro atoms. The van der Waals surface area contributed by atoms with Gasteiger partial charge in [-0.15, -0.1) is 0 Å². The molecule has 92 valence electrons. The highest BCUT2D eigenvalue weighted by Crippen LogP contribution is 2.47. The van der Waals surface area contributed by atoms with Gasteiger partial charge in [0.15, 0.2) is 0 Å². The van der Waals surface area contributed by atoms with Crippen molar-refractivity contribution in [2.45, 2.75) is 24.7 Å².